The molecule has 0 spiro atoms. The van der Waals surface area contributed by atoms with Crippen LogP contribution in [0.2, 0.25) is 0 Å². The smallest absolute Gasteiger partial charge is 0.334 e. The van der Waals surface area contributed by atoms with Crippen molar-refractivity contribution in [3.63, 3.8) is 0 Å². The average Bonchev–Trinajstić information content (AvgIpc) is 3.18. The highest BCUT2D eigenvalue weighted by Gasteiger charge is 2.42. The number of carbonyl (C=O) groups excluding carboxylic acids is 3. The third-order valence-electron chi connectivity index (χ3n) is 6.92. The standard InChI is InChI=1S/C30H24BrNO8/c1-14-10-21-23(11-15(14)2)39-26(17-6-9-22(37-4)24(12-17)38-5)27(25(21)33)40-30(36)16(3)32-28(34)19-8-7-18(31)13-20(19)29(32)35/h6-13,16H,1-5H3. The van der Waals surface area contributed by atoms with E-state index in [0.717, 1.165) is 16.0 Å². The molecular weight excluding hydrogens is 582 g/mol. The summed E-state index contributed by atoms with van der Waals surface area (Å²) in [7, 11) is 2.96. The highest BCUT2D eigenvalue weighted by Crippen LogP contribution is 2.37. The summed E-state index contributed by atoms with van der Waals surface area (Å²) in [4.78, 5) is 54.1. The molecule has 40 heavy (non-hydrogen) atoms. The lowest BCUT2D eigenvalue weighted by Crippen LogP contribution is -2.45. The van der Waals surface area contributed by atoms with E-state index in [1.54, 1.807) is 36.4 Å². The van der Waals surface area contributed by atoms with Crippen molar-refractivity contribution in [3.05, 3.63) is 85.5 Å². The molecule has 0 fully saturated rings. The van der Waals surface area contributed by atoms with E-state index >= 15 is 0 Å². The minimum Gasteiger partial charge on any atom is -0.493 e. The molecule has 1 aliphatic heterocycles. The molecular formula is C30H24BrNO8. The first-order chi connectivity index (χ1) is 19.0. The molecule has 0 radical (unpaired) electrons. The molecule has 1 unspecified atom stereocenters. The number of rotatable bonds is 6. The van der Waals surface area contributed by atoms with Gasteiger partial charge in [-0.3, -0.25) is 19.3 Å². The van der Waals surface area contributed by atoms with Gasteiger partial charge in [0.15, 0.2) is 17.3 Å². The van der Waals surface area contributed by atoms with Crippen LogP contribution in [0, 0.1) is 13.8 Å². The number of nitrogens with zero attached hydrogens (tertiary/aromatic N) is 1. The number of imide groups is 1. The van der Waals surface area contributed by atoms with E-state index in [1.807, 2.05) is 13.8 Å². The van der Waals surface area contributed by atoms with Crippen LogP contribution in [0.25, 0.3) is 22.3 Å². The first-order valence-electron chi connectivity index (χ1n) is 12.2. The number of amides is 2. The highest BCUT2D eigenvalue weighted by molar-refractivity contribution is 9.10. The number of hydrogen-bond acceptors (Lipinski definition) is 8. The molecule has 2 amide bonds. The van der Waals surface area contributed by atoms with Crippen LogP contribution in [-0.4, -0.2) is 42.9 Å². The number of methoxy groups -OCH3 is 2. The highest BCUT2D eigenvalue weighted by atomic mass is 79.9. The lowest BCUT2D eigenvalue weighted by Gasteiger charge is -2.21. The molecule has 1 atom stereocenters. The van der Waals surface area contributed by atoms with Gasteiger partial charge in [0.25, 0.3) is 11.8 Å². The minimum absolute atomic E-state index is 0.0199. The van der Waals surface area contributed by atoms with E-state index in [9.17, 15) is 19.2 Å². The number of fused-ring (bicyclic) bond motifs is 2. The Morgan fingerprint density at radius 2 is 1.55 bits per heavy atom. The van der Waals surface area contributed by atoms with Gasteiger partial charge in [0.1, 0.15) is 11.6 Å². The van der Waals surface area contributed by atoms with Gasteiger partial charge in [0, 0.05) is 10.0 Å². The summed E-state index contributed by atoms with van der Waals surface area (Å²) in [5.41, 5.74) is 2.20. The zero-order chi connectivity index (χ0) is 28.9. The Bertz CT molecular complexity index is 1790. The summed E-state index contributed by atoms with van der Waals surface area (Å²) in [5.74, 6) is -1.83. The van der Waals surface area contributed by atoms with Gasteiger partial charge in [0.2, 0.25) is 11.2 Å². The second kappa shape index (κ2) is 10.3. The molecule has 1 aromatic heterocycles. The fourth-order valence-corrected chi connectivity index (χ4v) is 4.93. The Hall–Kier alpha value is -4.44. The van der Waals surface area contributed by atoms with Gasteiger partial charge in [-0.1, -0.05) is 15.9 Å². The van der Waals surface area contributed by atoms with E-state index in [-0.39, 0.29) is 28.0 Å². The van der Waals surface area contributed by atoms with Crippen LogP contribution in [0.5, 0.6) is 17.2 Å². The number of carbonyl (C=O) groups is 3. The van der Waals surface area contributed by atoms with Crippen LogP contribution in [0.3, 0.4) is 0 Å². The van der Waals surface area contributed by atoms with Crippen molar-refractivity contribution in [3.8, 4) is 28.6 Å². The fourth-order valence-electron chi connectivity index (χ4n) is 4.57. The lowest BCUT2D eigenvalue weighted by molar-refractivity contribution is -0.138. The first kappa shape index (κ1) is 27.1. The molecule has 2 heterocycles. The van der Waals surface area contributed by atoms with Gasteiger partial charge in [0.05, 0.1) is 30.7 Å². The van der Waals surface area contributed by atoms with E-state index in [2.05, 4.69) is 15.9 Å². The number of benzene rings is 3. The number of esters is 1. The molecule has 0 saturated carbocycles. The molecule has 1 aliphatic rings. The van der Waals surface area contributed by atoms with Crippen molar-refractivity contribution in [2.45, 2.75) is 26.8 Å². The van der Waals surface area contributed by atoms with E-state index in [1.165, 1.54) is 33.3 Å². The summed E-state index contributed by atoms with van der Waals surface area (Å²) in [6.45, 7) is 5.11. The Labute approximate surface area is 237 Å². The van der Waals surface area contributed by atoms with E-state index in [4.69, 9.17) is 18.6 Å². The normalized spacial score (nSPS) is 13.4. The quantitative estimate of drug-likeness (QED) is 0.211. The van der Waals surface area contributed by atoms with Gasteiger partial charge in [-0.25, -0.2) is 4.79 Å². The molecule has 10 heteroatoms. The maximum atomic E-state index is 13.7. The molecule has 5 rings (SSSR count). The number of halogens is 1. The predicted molar refractivity (Wildman–Crippen MR) is 150 cm³/mol. The second-order valence-corrected chi connectivity index (χ2v) is 10.3. The molecule has 9 nitrogen and oxygen atoms in total. The largest absolute Gasteiger partial charge is 0.493 e. The van der Waals surface area contributed by atoms with Crippen molar-refractivity contribution in [2.75, 3.05) is 14.2 Å². The summed E-state index contributed by atoms with van der Waals surface area (Å²) in [5, 5.41) is 0.216. The van der Waals surface area contributed by atoms with Crippen molar-refractivity contribution in [1.82, 2.24) is 4.90 Å². The van der Waals surface area contributed by atoms with Crippen molar-refractivity contribution in [2.24, 2.45) is 0 Å². The summed E-state index contributed by atoms with van der Waals surface area (Å²) in [6.07, 6.45) is 0. The second-order valence-electron chi connectivity index (χ2n) is 9.36. The summed E-state index contributed by atoms with van der Waals surface area (Å²) >= 11 is 3.29. The SMILES string of the molecule is COc1ccc(-c2oc3cc(C)c(C)cc3c(=O)c2OC(=O)C(C)N2C(=O)c3ccc(Br)cc3C2=O)cc1OC. The lowest BCUT2D eigenvalue weighted by atomic mass is 10.0. The summed E-state index contributed by atoms with van der Waals surface area (Å²) in [6, 6.07) is 11.6. The van der Waals surface area contributed by atoms with Crippen LogP contribution in [-0.2, 0) is 4.79 Å². The van der Waals surface area contributed by atoms with Crippen LogP contribution in [0.1, 0.15) is 38.8 Å². The van der Waals surface area contributed by atoms with Crippen molar-refractivity contribution < 1.29 is 33.0 Å². The van der Waals surface area contributed by atoms with Gasteiger partial charge in [-0.2, -0.15) is 0 Å². The number of hydrogen-bond donors (Lipinski definition) is 0. The Morgan fingerprint density at radius 3 is 2.25 bits per heavy atom. The molecule has 0 saturated heterocycles. The van der Waals surface area contributed by atoms with Gasteiger partial charge in [-0.05, 0) is 80.4 Å². The molecule has 0 bridgehead atoms. The maximum absolute atomic E-state index is 13.7. The van der Waals surface area contributed by atoms with Crippen LogP contribution < -0.4 is 19.6 Å². The Morgan fingerprint density at radius 1 is 0.875 bits per heavy atom. The average molecular weight is 606 g/mol. The fraction of sp³-hybridized carbons (Fsp3) is 0.200. The molecule has 3 aromatic carbocycles. The van der Waals surface area contributed by atoms with Crippen molar-refractivity contribution >= 4 is 44.7 Å². The predicted octanol–water partition coefficient (Wildman–Crippen LogP) is 5.45. The van der Waals surface area contributed by atoms with E-state index < -0.39 is 29.3 Å². The van der Waals surface area contributed by atoms with Crippen LogP contribution >= 0.6 is 15.9 Å². The maximum Gasteiger partial charge on any atom is 0.334 e. The molecule has 4 aromatic rings. The minimum atomic E-state index is -1.33. The van der Waals surface area contributed by atoms with Crippen LogP contribution in [0.4, 0.5) is 0 Å². The molecule has 0 aliphatic carbocycles. The third kappa shape index (κ3) is 4.44. The number of ether oxygens (including phenoxy) is 3. The van der Waals surface area contributed by atoms with Gasteiger partial charge >= 0.3 is 5.97 Å². The molecule has 0 N–H and O–H groups in total. The topological polar surface area (TPSA) is 112 Å². The zero-order valence-electron chi connectivity index (χ0n) is 22.3. The van der Waals surface area contributed by atoms with E-state index in [0.29, 0.717) is 27.1 Å². The molecule has 204 valence electrons. The number of aryl methyl sites for hydroxylation is 2. The van der Waals surface area contributed by atoms with Gasteiger partial charge in [-0.15, -0.1) is 0 Å². The van der Waals surface area contributed by atoms with Gasteiger partial charge < -0.3 is 18.6 Å². The van der Waals surface area contributed by atoms with Crippen LogP contribution in [0.15, 0.2) is 62.2 Å². The third-order valence-corrected chi connectivity index (χ3v) is 7.42. The monoisotopic (exact) mass is 605 g/mol. The first-order valence-corrected chi connectivity index (χ1v) is 13.0. The van der Waals surface area contributed by atoms with Crippen molar-refractivity contribution in [1.29, 1.82) is 0 Å². The Kier molecular flexibility index (Phi) is 6.97. The zero-order valence-corrected chi connectivity index (χ0v) is 23.9. The summed E-state index contributed by atoms with van der Waals surface area (Å²) < 4.78 is 23.1. The Balaban J connectivity index is 1.60.